The van der Waals surface area contributed by atoms with Crippen molar-refractivity contribution in [1.29, 1.82) is 0 Å². The summed E-state index contributed by atoms with van der Waals surface area (Å²) in [6, 6.07) is 4.58. The van der Waals surface area contributed by atoms with Crippen molar-refractivity contribution in [3.63, 3.8) is 0 Å². The maximum atomic E-state index is 5.45. The Labute approximate surface area is 97.2 Å². The van der Waals surface area contributed by atoms with Crippen LogP contribution in [0.3, 0.4) is 0 Å². The van der Waals surface area contributed by atoms with Crippen molar-refractivity contribution in [2.24, 2.45) is 5.92 Å². The molecule has 1 N–H and O–H groups in total. The lowest BCUT2D eigenvalue weighted by Crippen LogP contribution is -2.29. The normalized spacial score (nSPS) is 22.0. The van der Waals surface area contributed by atoms with Crippen molar-refractivity contribution in [3.8, 4) is 0 Å². The zero-order chi connectivity index (χ0) is 11.4. The lowest BCUT2D eigenvalue weighted by Gasteiger charge is -2.24. The summed E-state index contributed by atoms with van der Waals surface area (Å²) in [5.74, 6) is 0.643. The number of nitrogens with one attached hydrogen (secondary N) is 1. The molecule has 2 rings (SSSR count). The van der Waals surface area contributed by atoms with E-state index in [0.717, 1.165) is 31.0 Å². The zero-order valence-electron chi connectivity index (χ0n) is 10.1. The maximum Gasteiger partial charge on any atom is 0.0603 e. The van der Waals surface area contributed by atoms with Gasteiger partial charge in [-0.05, 0) is 31.9 Å². The number of aryl methyl sites for hydroxylation is 1. The molecule has 88 valence electrons. The quantitative estimate of drug-likeness (QED) is 0.847. The van der Waals surface area contributed by atoms with Gasteiger partial charge in [0.05, 0.1) is 18.0 Å². The highest BCUT2D eigenvalue weighted by molar-refractivity contribution is 5.47. The van der Waals surface area contributed by atoms with E-state index < -0.39 is 0 Å². The van der Waals surface area contributed by atoms with Crippen LogP contribution in [0.4, 0.5) is 5.69 Å². The average molecular weight is 220 g/mol. The highest BCUT2D eigenvalue weighted by Gasteiger charge is 2.24. The van der Waals surface area contributed by atoms with E-state index in [0.29, 0.717) is 12.0 Å². The number of hydrogen-bond donors (Lipinski definition) is 1. The molecule has 16 heavy (non-hydrogen) atoms. The first-order chi connectivity index (χ1) is 7.81. The second-order valence-electron chi connectivity index (χ2n) is 4.42. The Morgan fingerprint density at radius 1 is 1.62 bits per heavy atom. The van der Waals surface area contributed by atoms with Gasteiger partial charge in [0.15, 0.2) is 0 Å². The SMILES string of the molecule is CCC(Nc1cccnc1C)C1CCOC1. The Bertz CT molecular complexity index is 334. The minimum Gasteiger partial charge on any atom is -0.381 e. The van der Waals surface area contributed by atoms with Gasteiger partial charge < -0.3 is 10.1 Å². The van der Waals surface area contributed by atoms with Gasteiger partial charge in [-0.15, -0.1) is 0 Å². The first kappa shape index (κ1) is 11.4. The van der Waals surface area contributed by atoms with Gasteiger partial charge in [0.1, 0.15) is 0 Å². The molecule has 0 spiro atoms. The molecule has 1 aromatic heterocycles. The number of nitrogens with zero attached hydrogens (tertiary/aromatic N) is 1. The van der Waals surface area contributed by atoms with Gasteiger partial charge in [0, 0.05) is 24.8 Å². The largest absolute Gasteiger partial charge is 0.381 e. The van der Waals surface area contributed by atoms with Crippen LogP contribution in [-0.4, -0.2) is 24.2 Å². The molecular formula is C13H20N2O. The number of ether oxygens (including phenoxy) is 1. The summed E-state index contributed by atoms with van der Waals surface area (Å²) in [6.07, 6.45) is 4.13. The molecule has 0 bridgehead atoms. The number of aromatic nitrogens is 1. The highest BCUT2D eigenvalue weighted by atomic mass is 16.5. The number of anilines is 1. The van der Waals surface area contributed by atoms with E-state index in [1.807, 2.05) is 19.2 Å². The molecule has 1 fully saturated rings. The van der Waals surface area contributed by atoms with Crippen LogP contribution in [0, 0.1) is 12.8 Å². The average Bonchev–Trinajstić information content (AvgIpc) is 2.81. The molecule has 0 amide bonds. The van der Waals surface area contributed by atoms with E-state index in [-0.39, 0.29) is 0 Å². The third-order valence-electron chi connectivity index (χ3n) is 3.32. The van der Waals surface area contributed by atoms with Gasteiger partial charge in [-0.3, -0.25) is 4.98 Å². The Balaban J connectivity index is 2.03. The smallest absolute Gasteiger partial charge is 0.0603 e. The van der Waals surface area contributed by atoms with Crippen LogP contribution in [0.25, 0.3) is 0 Å². The van der Waals surface area contributed by atoms with Crippen molar-refractivity contribution in [2.45, 2.75) is 32.7 Å². The van der Waals surface area contributed by atoms with Crippen molar-refractivity contribution in [1.82, 2.24) is 4.98 Å². The number of rotatable bonds is 4. The van der Waals surface area contributed by atoms with Gasteiger partial charge >= 0.3 is 0 Å². The van der Waals surface area contributed by atoms with E-state index in [2.05, 4.69) is 23.3 Å². The molecule has 2 heterocycles. The van der Waals surface area contributed by atoms with Crippen molar-refractivity contribution in [2.75, 3.05) is 18.5 Å². The maximum absolute atomic E-state index is 5.45. The number of pyridine rings is 1. The fourth-order valence-corrected chi connectivity index (χ4v) is 2.26. The molecule has 1 aromatic rings. The molecule has 2 unspecified atom stereocenters. The first-order valence-corrected chi connectivity index (χ1v) is 6.07. The molecule has 1 aliphatic heterocycles. The van der Waals surface area contributed by atoms with Crippen LogP contribution < -0.4 is 5.32 Å². The zero-order valence-corrected chi connectivity index (χ0v) is 10.1. The fourth-order valence-electron chi connectivity index (χ4n) is 2.26. The van der Waals surface area contributed by atoms with Gasteiger partial charge in [-0.2, -0.15) is 0 Å². The standard InChI is InChI=1S/C13H20N2O/c1-3-12(11-6-8-16-9-11)15-13-5-4-7-14-10(13)2/h4-5,7,11-12,15H,3,6,8-9H2,1-2H3. The molecule has 0 radical (unpaired) electrons. The molecule has 3 nitrogen and oxygen atoms in total. The lowest BCUT2D eigenvalue weighted by molar-refractivity contribution is 0.182. The second kappa shape index (κ2) is 5.30. The minimum absolute atomic E-state index is 0.505. The van der Waals surface area contributed by atoms with Crippen LogP contribution in [0.5, 0.6) is 0 Å². The molecule has 3 heteroatoms. The lowest BCUT2D eigenvalue weighted by atomic mass is 9.96. The molecule has 1 saturated heterocycles. The summed E-state index contributed by atoms with van der Waals surface area (Å²) >= 11 is 0. The van der Waals surface area contributed by atoms with Gasteiger partial charge in [-0.1, -0.05) is 6.92 Å². The summed E-state index contributed by atoms with van der Waals surface area (Å²) in [5, 5.41) is 3.60. The second-order valence-corrected chi connectivity index (χ2v) is 4.42. The summed E-state index contributed by atoms with van der Waals surface area (Å²) in [4.78, 5) is 4.30. The molecule has 0 aliphatic carbocycles. The Kier molecular flexibility index (Phi) is 3.78. The molecule has 2 atom stereocenters. The van der Waals surface area contributed by atoms with Gasteiger partial charge in [0.2, 0.25) is 0 Å². The van der Waals surface area contributed by atoms with Crippen LogP contribution in [0.1, 0.15) is 25.5 Å². The summed E-state index contributed by atoms with van der Waals surface area (Å²) < 4.78 is 5.45. The van der Waals surface area contributed by atoms with Gasteiger partial charge in [0.25, 0.3) is 0 Å². The summed E-state index contributed by atoms with van der Waals surface area (Å²) in [5.41, 5.74) is 2.22. The predicted molar refractivity (Wildman–Crippen MR) is 65.6 cm³/mol. The van der Waals surface area contributed by atoms with Gasteiger partial charge in [-0.25, -0.2) is 0 Å². The van der Waals surface area contributed by atoms with E-state index in [1.165, 1.54) is 6.42 Å². The monoisotopic (exact) mass is 220 g/mol. The third-order valence-corrected chi connectivity index (χ3v) is 3.32. The summed E-state index contributed by atoms with van der Waals surface area (Å²) in [7, 11) is 0. The molecular weight excluding hydrogens is 200 g/mol. The van der Waals surface area contributed by atoms with Crippen LogP contribution in [-0.2, 0) is 4.74 Å². The highest BCUT2D eigenvalue weighted by Crippen LogP contribution is 2.23. The number of hydrogen-bond acceptors (Lipinski definition) is 3. The Morgan fingerprint density at radius 2 is 2.50 bits per heavy atom. The Morgan fingerprint density at radius 3 is 3.12 bits per heavy atom. The summed E-state index contributed by atoms with van der Waals surface area (Å²) in [6.45, 7) is 6.07. The first-order valence-electron chi connectivity index (χ1n) is 6.07. The minimum atomic E-state index is 0.505. The Hall–Kier alpha value is -1.09. The molecule has 1 aliphatic rings. The van der Waals surface area contributed by atoms with Crippen molar-refractivity contribution >= 4 is 5.69 Å². The topological polar surface area (TPSA) is 34.2 Å². The molecule has 0 aromatic carbocycles. The van der Waals surface area contributed by atoms with E-state index >= 15 is 0 Å². The van der Waals surface area contributed by atoms with Crippen LogP contribution in [0.2, 0.25) is 0 Å². The predicted octanol–water partition coefficient (Wildman–Crippen LogP) is 2.62. The van der Waals surface area contributed by atoms with Crippen LogP contribution >= 0.6 is 0 Å². The molecule has 0 saturated carbocycles. The van der Waals surface area contributed by atoms with Crippen LogP contribution in [0.15, 0.2) is 18.3 Å². The fraction of sp³-hybridized carbons (Fsp3) is 0.615. The van der Waals surface area contributed by atoms with Crippen molar-refractivity contribution in [3.05, 3.63) is 24.0 Å². The van der Waals surface area contributed by atoms with E-state index in [1.54, 1.807) is 0 Å². The van der Waals surface area contributed by atoms with E-state index in [9.17, 15) is 0 Å². The van der Waals surface area contributed by atoms with E-state index in [4.69, 9.17) is 4.74 Å². The third kappa shape index (κ3) is 2.53. The van der Waals surface area contributed by atoms with Crippen molar-refractivity contribution < 1.29 is 4.74 Å².